The van der Waals surface area contributed by atoms with Crippen molar-refractivity contribution in [3.8, 4) is 5.75 Å². The minimum atomic E-state index is -0.0117. The molecular formula is C20H22N2O2S. The third-order valence-electron chi connectivity index (χ3n) is 3.95. The summed E-state index contributed by atoms with van der Waals surface area (Å²) < 4.78 is 6.54. The van der Waals surface area contributed by atoms with Crippen LogP contribution in [0.2, 0.25) is 0 Å². The summed E-state index contributed by atoms with van der Waals surface area (Å²) in [6, 6.07) is 12.1. The molecule has 0 spiro atoms. The van der Waals surface area contributed by atoms with E-state index in [1.165, 1.54) is 16.9 Å². The highest BCUT2D eigenvalue weighted by Gasteiger charge is 2.10. The van der Waals surface area contributed by atoms with Crippen molar-refractivity contribution in [1.82, 2.24) is 4.98 Å². The Labute approximate surface area is 151 Å². The van der Waals surface area contributed by atoms with Gasteiger partial charge in [0.1, 0.15) is 5.75 Å². The Bertz CT molecular complexity index is 885. The monoisotopic (exact) mass is 354 g/mol. The fourth-order valence-corrected chi connectivity index (χ4v) is 3.84. The smallest absolute Gasteiger partial charge is 0.226 e. The lowest BCUT2D eigenvalue weighted by atomic mass is 10.1. The maximum Gasteiger partial charge on any atom is 0.226 e. The van der Waals surface area contributed by atoms with Crippen molar-refractivity contribution >= 4 is 32.6 Å². The zero-order valence-electron chi connectivity index (χ0n) is 14.8. The molecule has 0 aliphatic rings. The number of hydrogen-bond acceptors (Lipinski definition) is 4. The molecule has 3 rings (SSSR count). The highest BCUT2D eigenvalue weighted by Crippen LogP contribution is 2.29. The van der Waals surface area contributed by atoms with Crippen molar-refractivity contribution in [2.75, 3.05) is 11.9 Å². The summed E-state index contributed by atoms with van der Waals surface area (Å²) in [6.07, 6.45) is 1.13. The van der Waals surface area contributed by atoms with Gasteiger partial charge >= 0.3 is 0 Å². The zero-order valence-corrected chi connectivity index (χ0v) is 15.6. The van der Waals surface area contributed by atoms with Gasteiger partial charge in [-0.3, -0.25) is 4.79 Å². The molecule has 1 N–H and O–H groups in total. The number of nitrogens with one attached hydrogen (secondary N) is 1. The minimum absolute atomic E-state index is 0.0117. The molecule has 0 bridgehead atoms. The Morgan fingerprint density at radius 1 is 1.20 bits per heavy atom. The van der Waals surface area contributed by atoms with E-state index in [0.717, 1.165) is 27.1 Å². The molecule has 0 aliphatic carbocycles. The quantitative estimate of drug-likeness (QED) is 0.686. The van der Waals surface area contributed by atoms with Crippen molar-refractivity contribution in [2.24, 2.45) is 0 Å². The van der Waals surface area contributed by atoms with E-state index in [1.54, 1.807) is 0 Å². The summed E-state index contributed by atoms with van der Waals surface area (Å²) >= 11 is 1.52. The van der Waals surface area contributed by atoms with Crippen LogP contribution in [-0.4, -0.2) is 17.5 Å². The molecule has 0 radical (unpaired) electrons. The van der Waals surface area contributed by atoms with E-state index in [0.29, 0.717) is 24.6 Å². The lowest BCUT2D eigenvalue weighted by Crippen LogP contribution is -2.12. The van der Waals surface area contributed by atoms with Crippen LogP contribution in [0.15, 0.2) is 36.4 Å². The molecular weight excluding hydrogens is 332 g/mol. The number of hydrogen-bond donors (Lipinski definition) is 1. The zero-order chi connectivity index (χ0) is 17.8. The third-order valence-corrected chi connectivity index (χ3v) is 4.87. The Hall–Kier alpha value is -2.40. The molecule has 3 aromatic rings. The third kappa shape index (κ3) is 4.37. The summed E-state index contributed by atoms with van der Waals surface area (Å²) in [5, 5.41) is 3.59. The predicted octanol–water partition coefficient (Wildman–Crippen LogP) is 4.88. The summed E-state index contributed by atoms with van der Waals surface area (Å²) in [6.45, 7) is 6.74. The molecule has 0 saturated carbocycles. The Kier molecular flexibility index (Phi) is 5.34. The second-order valence-corrected chi connectivity index (χ2v) is 7.10. The van der Waals surface area contributed by atoms with Gasteiger partial charge in [-0.05, 0) is 62.1 Å². The van der Waals surface area contributed by atoms with Gasteiger partial charge in [-0.2, -0.15) is 0 Å². The number of amides is 1. The highest BCUT2D eigenvalue weighted by molar-refractivity contribution is 7.22. The highest BCUT2D eigenvalue weighted by atomic mass is 32.1. The molecule has 130 valence electrons. The van der Waals surface area contributed by atoms with Gasteiger partial charge in [0.15, 0.2) is 5.13 Å². The van der Waals surface area contributed by atoms with Crippen LogP contribution in [0.25, 0.3) is 10.2 Å². The van der Waals surface area contributed by atoms with Gasteiger partial charge in [-0.25, -0.2) is 4.98 Å². The van der Waals surface area contributed by atoms with Crippen LogP contribution in [0.5, 0.6) is 5.75 Å². The van der Waals surface area contributed by atoms with Gasteiger partial charge in [0, 0.05) is 6.42 Å². The van der Waals surface area contributed by atoms with Gasteiger partial charge in [-0.15, -0.1) is 0 Å². The van der Waals surface area contributed by atoms with Crippen LogP contribution < -0.4 is 10.1 Å². The SMILES string of the molecule is CCOc1ccc(CCC(=O)Nc2nc3c(C)cc(C)cc3s2)cc1. The van der Waals surface area contributed by atoms with Crippen molar-refractivity contribution in [2.45, 2.75) is 33.6 Å². The van der Waals surface area contributed by atoms with Gasteiger partial charge in [-0.1, -0.05) is 29.5 Å². The fraction of sp³-hybridized carbons (Fsp3) is 0.300. The Morgan fingerprint density at radius 3 is 2.68 bits per heavy atom. The lowest BCUT2D eigenvalue weighted by Gasteiger charge is -2.05. The molecule has 1 amide bonds. The van der Waals surface area contributed by atoms with Crippen molar-refractivity contribution in [1.29, 1.82) is 0 Å². The number of aromatic nitrogens is 1. The topological polar surface area (TPSA) is 51.2 Å². The first-order valence-corrected chi connectivity index (χ1v) is 9.26. The first kappa shape index (κ1) is 17.4. The lowest BCUT2D eigenvalue weighted by molar-refractivity contribution is -0.116. The number of carbonyl (C=O) groups is 1. The van der Waals surface area contributed by atoms with Crippen LogP contribution in [0.1, 0.15) is 30.0 Å². The number of benzene rings is 2. The molecule has 0 aliphatic heterocycles. The maximum absolute atomic E-state index is 12.2. The summed E-state index contributed by atoms with van der Waals surface area (Å²) in [5.41, 5.74) is 4.44. The van der Waals surface area contributed by atoms with E-state index in [9.17, 15) is 4.79 Å². The minimum Gasteiger partial charge on any atom is -0.494 e. The molecule has 0 unspecified atom stereocenters. The number of ether oxygens (including phenoxy) is 1. The molecule has 0 fully saturated rings. The number of carbonyl (C=O) groups excluding carboxylic acids is 1. The number of nitrogens with zero attached hydrogens (tertiary/aromatic N) is 1. The van der Waals surface area contributed by atoms with Crippen LogP contribution >= 0.6 is 11.3 Å². The molecule has 0 saturated heterocycles. The summed E-state index contributed by atoms with van der Waals surface area (Å²) in [7, 11) is 0. The largest absolute Gasteiger partial charge is 0.494 e. The van der Waals surface area contributed by atoms with Crippen molar-refractivity contribution < 1.29 is 9.53 Å². The van der Waals surface area contributed by atoms with Gasteiger partial charge in [0.2, 0.25) is 5.91 Å². The average Bonchev–Trinajstić information content (AvgIpc) is 2.97. The number of aryl methyl sites for hydroxylation is 3. The van der Waals surface area contributed by atoms with E-state index >= 15 is 0 Å². The van der Waals surface area contributed by atoms with Gasteiger partial charge in [0.05, 0.1) is 16.8 Å². The molecule has 0 atom stereocenters. The first-order valence-electron chi connectivity index (χ1n) is 8.44. The summed E-state index contributed by atoms with van der Waals surface area (Å²) in [5.74, 6) is 0.846. The molecule has 1 aromatic heterocycles. The normalized spacial score (nSPS) is 10.8. The number of rotatable bonds is 6. The number of thiazole rings is 1. The maximum atomic E-state index is 12.2. The van der Waals surface area contributed by atoms with E-state index in [4.69, 9.17) is 4.74 Å². The second-order valence-electron chi connectivity index (χ2n) is 6.07. The van der Waals surface area contributed by atoms with Gasteiger partial charge in [0.25, 0.3) is 0 Å². The standard InChI is InChI=1S/C20H22N2O2S/c1-4-24-16-8-5-15(6-9-16)7-10-18(23)21-20-22-19-14(3)11-13(2)12-17(19)25-20/h5-6,8-9,11-12H,4,7,10H2,1-3H3,(H,21,22,23). The number of anilines is 1. The van der Waals surface area contributed by atoms with E-state index in [-0.39, 0.29) is 5.91 Å². The number of fused-ring (bicyclic) bond motifs is 1. The molecule has 2 aromatic carbocycles. The van der Waals surface area contributed by atoms with Gasteiger partial charge < -0.3 is 10.1 Å². The molecule has 5 heteroatoms. The van der Waals surface area contributed by atoms with Crippen LogP contribution in [0.3, 0.4) is 0 Å². The van der Waals surface area contributed by atoms with Crippen LogP contribution in [0.4, 0.5) is 5.13 Å². The molecule has 1 heterocycles. The first-order chi connectivity index (χ1) is 12.0. The van der Waals surface area contributed by atoms with Crippen molar-refractivity contribution in [3.05, 3.63) is 53.1 Å². The predicted molar refractivity (Wildman–Crippen MR) is 104 cm³/mol. The fourth-order valence-electron chi connectivity index (χ4n) is 2.78. The van der Waals surface area contributed by atoms with Crippen LogP contribution in [-0.2, 0) is 11.2 Å². The average molecular weight is 354 g/mol. The molecule has 25 heavy (non-hydrogen) atoms. The van der Waals surface area contributed by atoms with E-state index in [2.05, 4.69) is 29.4 Å². The van der Waals surface area contributed by atoms with Crippen molar-refractivity contribution in [3.63, 3.8) is 0 Å². The van der Waals surface area contributed by atoms with E-state index in [1.807, 2.05) is 38.1 Å². The molecule has 4 nitrogen and oxygen atoms in total. The Balaban J connectivity index is 1.60. The van der Waals surface area contributed by atoms with Crippen LogP contribution in [0, 0.1) is 13.8 Å². The summed E-state index contributed by atoms with van der Waals surface area (Å²) in [4.78, 5) is 16.8. The second kappa shape index (κ2) is 7.66. The van der Waals surface area contributed by atoms with E-state index < -0.39 is 0 Å². The Morgan fingerprint density at radius 2 is 1.96 bits per heavy atom.